The average Bonchev–Trinajstić information content (AvgIpc) is 2.71. The van der Waals surface area contributed by atoms with Gasteiger partial charge in [-0.1, -0.05) is 0 Å². The first-order valence-corrected chi connectivity index (χ1v) is 5.33. The zero-order chi connectivity index (χ0) is 9.26. The summed E-state index contributed by atoms with van der Waals surface area (Å²) in [6.07, 6.45) is 0.866. The molecule has 0 aliphatic rings. The van der Waals surface area contributed by atoms with Crippen LogP contribution in [0.5, 0.6) is 0 Å². The van der Waals surface area contributed by atoms with Gasteiger partial charge in [0.1, 0.15) is 0 Å². The third kappa shape index (κ3) is 1.64. The lowest BCUT2D eigenvalue weighted by Gasteiger charge is -1.86. The van der Waals surface area contributed by atoms with Crippen molar-refractivity contribution in [2.24, 2.45) is 0 Å². The molecule has 0 amide bonds. The highest BCUT2D eigenvalue weighted by Gasteiger charge is 2.03. The summed E-state index contributed by atoms with van der Waals surface area (Å²) in [6, 6.07) is 7.61. The van der Waals surface area contributed by atoms with E-state index >= 15 is 0 Å². The van der Waals surface area contributed by atoms with Crippen molar-refractivity contribution in [3.63, 3.8) is 0 Å². The number of nitrogens with two attached hydrogens (primary N) is 1. The van der Waals surface area contributed by atoms with Crippen LogP contribution in [-0.2, 0) is 0 Å². The zero-order valence-corrected chi connectivity index (χ0v) is 8.32. The Hall–Kier alpha value is -1.13. The summed E-state index contributed by atoms with van der Waals surface area (Å²) in [4.78, 5) is 13.4. The van der Waals surface area contributed by atoms with Gasteiger partial charge < -0.3 is 5.73 Å². The number of rotatable bonds is 2. The summed E-state index contributed by atoms with van der Waals surface area (Å²) in [7, 11) is 0. The number of hydrogen-bond donors (Lipinski definition) is 1. The first-order valence-electron chi connectivity index (χ1n) is 3.70. The summed E-state index contributed by atoms with van der Waals surface area (Å²) in [5.74, 6) is 0. The molecule has 66 valence electrons. The molecule has 0 aliphatic heterocycles. The lowest BCUT2D eigenvalue weighted by Crippen LogP contribution is -1.72. The van der Waals surface area contributed by atoms with Crippen LogP contribution in [0.4, 0.5) is 5.00 Å². The topological polar surface area (TPSA) is 43.1 Å². The van der Waals surface area contributed by atoms with Gasteiger partial charge in [-0.15, -0.1) is 22.7 Å². The van der Waals surface area contributed by atoms with E-state index in [4.69, 9.17) is 5.73 Å². The van der Waals surface area contributed by atoms with Crippen LogP contribution >= 0.6 is 22.7 Å². The van der Waals surface area contributed by atoms with E-state index in [0.29, 0.717) is 0 Å². The normalized spacial score (nSPS) is 10.2. The van der Waals surface area contributed by atoms with Crippen molar-refractivity contribution < 1.29 is 4.79 Å². The lowest BCUT2D eigenvalue weighted by atomic mass is 10.4. The van der Waals surface area contributed by atoms with Crippen molar-refractivity contribution >= 4 is 34.0 Å². The van der Waals surface area contributed by atoms with Gasteiger partial charge in [0, 0.05) is 9.75 Å². The molecule has 0 saturated heterocycles. The highest BCUT2D eigenvalue weighted by atomic mass is 32.1. The minimum atomic E-state index is 0.752. The Morgan fingerprint density at radius 1 is 1.08 bits per heavy atom. The maximum absolute atomic E-state index is 10.4. The third-order valence-electron chi connectivity index (χ3n) is 1.61. The van der Waals surface area contributed by atoms with E-state index in [9.17, 15) is 4.79 Å². The van der Waals surface area contributed by atoms with Crippen LogP contribution < -0.4 is 5.73 Å². The third-order valence-corrected chi connectivity index (χ3v) is 3.73. The first-order chi connectivity index (χ1) is 6.29. The van der Waals surface area contributed by atoms with Crippen LogP contribution in [0.1, 0.15) is 9.67 Å². The van der Waals surface area contributed by atoms with Crippen LogP contribution in [0.15, 0.2) is 24.3 Å². The molecule has 0 saturated carbocycles. The van der Waals surface area contributed by atoms with E-state index in [1.54, 1.807) is 0 Å². The molecule has 2 rings (SSSR count). The fourth-order valence-electron chi connectivity index (χ4n) is 1.03. The smallest absolute Gasteiger partial charge is 0.160 e. The number of nitrogen functional groups attached to an aromatic ring is 1. The summed E-state index contributed by atoms with van der Waals surface area (Å²) in [5, 5.41) is 0.802. The molecule has 0 atom stereocenters. The zero-order valence-electron chi connectivity index (χ0n) is 6.69. The monoisotopic (exact) mass is 209 g/mol. The largest absolute Gasteiger partial charge is 0.391 e. The van der Waals surface area contributed by atoms with Crippen LogP contribution in [0.3, 0.4) is 0 Å². The van der Waals surface area contributed by atoms with Gasteiger partial charge in [-0.3, -0.25) is 4.79 Å². The molecule has 2 heterocycles. The van der Waals surface area contributed by atoms with Crippen LogP contribution in [0.2, 0.25) is 0 Å². The van der Waals surface area contributed by atoms with Gasteiger partial charge in [-0.2, -0.15) is 0 Å². The van der Waals surface area contributed by atoms with Crippen molar-refractivity contribution in [3.05, 3.63) is 29.1 Å². The average molecular weight is 209 g/mol. The van der Waals surface area contributed by atoms with Gasteiger partial charge in [0.05, 0.1) is 9.88 Å². The Balaban J connectivity index is 2.40. The predicted molar refractivity (Wildman–Crippen MR) is 57.4 cm³/mol. The first kappa shape index (κ1) is 8.47. The van der Waals surface area contributed by atoms with Gasteiger partial charge in [-0.05, 0) is 24.3 Å². The Morgan fingerprint density at radius 2 is 1.77 bits per heavy atom. The van der Waals surface area contributed by atoms with Crippen LogP contribution in [0, 0.1) is 0 Å². The van der Waals surface area contributed by atoms with Crippen molar-refractivity contribution in [2.45, 2.75) is 0 Å². The maximum atomic E-state index is 10.4. The van der Waals surface area contributed by atoms with Gasteiger partial charge in [-0.25, -0.2) is 0 Å². The number of carbonyl (C=O) groups is 1. The molecular weight excluding hydrogens is 202 g/mol. The number of carbonyl (C=O) groups excluding carboxylic acids is 1. The Kier molecular flexibility index (Phi) is 2.16. The highest BCUT2D eigenvalue weighted by molar-refractivity contribution is 7.24. The quantitative estimate of drug-likeness (QED) is 0.773. The van der Waals surface area contributed by atoms with Gasteiger partial charge in [0.2, 0.25) is 0 Å². The van der Waals surface area contributed by atoms with E-state index in [1.165, 1.54) is 22.7 Å². The molecule has 0 aromatic carbocycles. The summed E-state index contributed by atoms with van der Waals surface area (Å²) < 4.78 is 0. The van der Waals surface area contributed by atoms with Crippen molar-refractivity contribution in [1.29, 1.82) is 0 Å². The van der Waals surface area contributed by atoms with Gasteiger partial charge in [0.25, 0.3) is 0 Å². The molecule has 0 radical (unpaired) electrons. The van der Waals surface area contributed by atoms with E-state index in [0.717, 1.165) is 25.9 Å². The molecule has 2 aromatic rings. The second kappa shape index (κ2) is 3.32. The Labute approximate surface area is 83.6 Å². The van der Waals surface area contributed by atoms with Crippen LogP contribution in [-0.4, -0.2) is 6.29 Å². The van der Waals surface area contributed by atoms with E-state index < -0.39 is 0 Å². The molecule has 0 aliphatic carbocycles. The van der Waals surface area contributed by atoms with Gasteiger partial charge in [0.15, 0.2) is 6.29 Å². The predicted octanol–water partition coefficient (Wildman–Crippen LogP) is 2.87. The van der Waals surface area contributed by atoms with E-state index in [-0.39, 0.29) is 0 Å². The van der Waals surface area contributed by atoms with Crippen molar-refractivity contribution in [1.82, 2.24) is 0 Å². The van der Waals surface area contributed by atoms with E-state index in [2.05, 4.69) is 0 Å². The molecule has 4 heteroatoms. The molecule has 0 spiro atoms. The SMILES string of the molecule is Nc1ccc(-c2ccc(C=O)s2)s1. The summed E-state index contributed by atoms with van der Waals surface area (Å²) in [5.41, 5.74) is 5.61. The minimum absolute atomic E-state index is 0.752. The Morgan fingerprint density at radius 3 is 2.31 bits per heavy atom. The molecule has 0 fully saturated rings. The molecule has 13 heavy (non-hydrogen) atoms. The molecule has 2 N–H and O–H groups in total. The van der Waals surface area contributed by atoms with Gasteiger partial charge >= 0.3 is 0 Å². The highest BCUT2D eigenvalue weighted by Crippen LogP contribution is 2.33. The molecule has 2 nitrogen and oxygen atoms in total. The lowest BCUT2D eigenvalue weighted by molar-refractivity contribution is 0.112. The number of thiophene rings is 2. The van der Waals surface area contributed by atoms with Crippen molar-refractivity contribution in [2.75, 3.05) is 5.73 Å². The Bertz CT molecular complexity index is 430. The minimum Gasteiger partial charge on any atom is -0.391 e. The second-order valence-electron chi connectivity index (χ2n) is 2.52. The fourth-order valence-corrected chi connectivity index (χ4v) is 2.72. The standard InChI is InChI=1S/C9H7NOS2/c10-9-4-3-8(13-9)7-2-1-6(5-11)12-7/h1-5H,10H2. The molecule has 0 unspecified atom stereocenters. The number of aldehydes is 1. The van der Waals surface area contributed by atoms with Crippen molar-refractivity contribution in [3.8, 4) is 9.75 Å². The molecule has 2 aromatic heterocycles. The number of anilines is 1. The number of hydrogen-bond acceptors (Lipinski definition) is 4. The van der Waals surface area contributed by atoms with Crippen LogP contribution in [0.25, 0.3) is 9.75 Å². The summed E-state index contributed by atoms with van der Waals surface area (Å²) >= 11 is 3.02. The second-order valence-corrected chi connectivity index (χ2v) is 4.75. The fraction of sp³-hybridized carbons (Fsp3) is 0. The van der Waals surface area contributed by atoms with E-state index in [1.807, 2.05) is 24.3 Å². The maximum Gasteiger partial charge on any atom is 0.160 e. The molecule has 0 bridgehead atoms. The summed E-state index contributed by atoms with van der Waals surface area (Å²) in [6.45, 7) is 0. The molecular formula is C9H7NOS2.